The molecule has 12 nitrogen and oxygen atoms in total. The Bertz CT molecular complexity index is 2190. The Kier molecular flexibility index (Phi) is 17.5. The highest BCUT2D eigenvalue weighted by atomic mass is 16.8. The van der Waals surface area contributed by atoms with Gasteiger partial charge in [0.25, 0.3) is 0 Å². The van der Waals surface area contributed by atoms with Crippen LogP contribution in [-0.2, 0) is 47.5 Å². The summed E-state index contributed by atoms with van der Waals surface area (Å²) in [6.07, 6.45) is 8.58. The lowest BCUT2D eigenvalue weighted by molar-refractivity contribution is -0.374. The summed E-state index contributed by atoms with van der Waals surface area (Å²) in [7, 11) is 0. The number of nitrogens with one attached hydrogen (secondary N) is 1. The van der Waals surface area contributed by atoms with E-state index in [-0.39, 0.29) is 69.1 Å². The van der Waals surface area contributed by atoms with Crippen LogP contribution in [0.15, 0.2) is 11.6 Å². The summed E-state index contributed by atoms with van der Waals surface area (Å²) in [4.78, 5) is 55.6. The molecule has 0 radical (unpaired) electrons. The molecule has 3 heterocycles. The minimum atomic E-state index is -1.01. The molecule has 24 atom stereocenters. The van der Waals surface area contributed by atoms with E-state index in [9.17, 15) is 14.4 Å². The van der Waals surface area contributed by atoms with Crippen molar-refractivity contribution in [1.82, 2.24) is 5.32 Å². The molecule has 0 spiro atoms. The van der Waals surface area contributed by atoms with Crippen LogP contribution in [-0.4, -0.2) is 92.1 Å². The lowest BCUT2D eigenvalue weighted by atomic mass is 9.32. The zero-order valence-corrected chi connectivity index (χ0v) is 51.5. The molecule has 8 unspecified atom stereocenters. The molecule has 1 amide bonds. The molecular weight excluding hydrogens is 971 g/mol. The Labute approximate surface area is 465 Å². The first-order chi connectivity index (χ1) is 35.8. The first kappa shape index (κ1) is 60.9. The number of hydrogen-bond donors (Lipinski definition) is 1. The Hall–Kier alpha value is -2.22. The number of carbonyl (C=O) groups is 4. The van der Waals surface area contributed by atoms with Gasteiger partial charge in [0.05, 0.1) is 30.3 Å². The molecule has 1 N–H and O–H groups in total. The number of alkyl carbamates (subject to hydrolysis) is 1. The second-order valence-corrected chi connectivity index (χ2v) is 30.0. The molecule has 0 aromatic heterocycles. The van der Waals surface area contributed by atoms with Crippen molar-refractivity contribution in [2.75, 3.05) is 13.2 Å². The number of rotatable bonds is 14. The Morgan fingerprint density at radius 1 is 0.753 bits per heavy atom. The van der Waals surface area contributed by atoms with Gasteiger partial charge in [0.2, 0.25) is 0 Å². The fourth-order valence-corrected chi connectivity index (χ4v) is 18.4. The highest BCUT2D eigenvalue weighted by Gasteiger charge is 2.71. The van der Waals surface area contributed by atoms with Gasteiger partial charge in [-0.25, -0.2) is 4.79 Å². The van der Waals surface area contributed by atoms with E-state index in [0.717, 1.165) is 57.8 Å². The van der Waals surface area contributed by atoms with E-state index in [1.165, 1.54) is 11.9 Å². The zero-order valence-electron chi connectivity index (χ0n) is 51.5. The van der Waals surface area contributed by atoms with Gasteiger partial charge in [0.1, 0.15) is 29.9 Å². The van der Waals surface area contributed by atoms with Crippen molar-refractivity contribution >= 4 is 23.9 Å². The van der Waals surface area contributed by atoms with Crippen molar-refractivity contribution in [2.24, 2.45) is 97.6 Å². The molecule has 0 aromatic rings. The van der Waals surface area contributed by atoms with Crippen LogP contribution < -0.4 is 5.32 Å². The number of amides is 1. The number of hydrogen-bond acceptors (Lipinski definition) is 11. The molecule has 438 valence electrons. The third-order valence-corrected chi connectivity index (χ3v) is 24.0. The van der Waals surface area contributed by atoms with Crippen molar-refractivity contribution in [3.8, 4) is 0 Å². The fourth-order valence-electron chi connectivity index (χ4n) is 18.4. The SMILES string of the molecule is CCC1OC(O[C@@H]2C(O[C@H]3CCC4(C)C5CC=C6[C@H]7CC(C)(C)CCC7(C(=O)CCCNC(=O)OC(C)(C)C)[C@@H](C)C[C@@]6(C)[C@@]5(C)CC[C@H]4[C@@]3(C)C=O)OC(C(C)=O)[C@@H](C)[C@@H]2OC2OC[C@@H](C)[C@H](C)[C@@H]2C)[C@@H](C)[C@@H](C)[C@H]1C. The van der Waals surface area contributed by atoms with Crippen LogP contribution >= 0.6 is 0 Å². The van der Waals surface area contributed by atoms with Crippen molar-refractivity contribution in [3.63, 3.8) is 0 Å². The van der Waals surface area contributed by atoms with E-state index >= 15 is 4.79 Å². The molecule has 12 heteroatoms. The number of ketones is 2. The van der Waals surface area contributed by atoms with Crippen LogP contribution in [0.3, 0.4) is 0 Å². The average molecular weight is 1080 g/mol. The second kappa shape index (κ2) is 22.2. The predicted molar refractivity (Wildman–Crippen MR) is 299 cm³/mol. The van der Waals surface area contributed by atoms with Crippen LogP contribution in [0, 0.1) is 97.6 Å². The normalized spacial score (nSPS) is 48.7. The predicted octanol–water partition coefficient (Wildman–Crippen LogP) is 13.5. The van der Waals surface area contributed by atoms with Crippen LogP contribution in [0.25, 0.3) is 0 Å². The van der Waals surface area contributed by atoms with E-state index < -0.39 is 65.8 Å². The molecular formula is C65H107NO11. The molecule has 0 aromatic carbocycles. The molecule has 7 fully saturated rings. The minimum absolute atomic E-state index is 0.0165. The second-order valence-electron chi connectivity index (χ2n) is 30.0. The summed E-state index contributed by atoms with van der Waals surface area (Å²) in [5.41, 5.74) is -0.676. The van der Waals surface area contributed by atoms with Gasteiger partial charge in [0, 0.05) is 36.1 Å². The highest BCUT2D eigenvalue weighted by Crippen LogP contribution is 2.77. The van der Waals surface area contributed by atoms with Gasteiger partial charge in [-0.15, -0.1) is 0 Å². The number of fused-ring (bicyclic) bond motifs is 7. The van der Waals surface area contributed by atoms with Gasteiger partial charge in [-0.3, -0.25) is 9.59 Å². The maximum Gasteiger partial charge on any atom is 0.407 e. The molecule has 3 aliphatic heterocycles. The quantitative estimate of drug-likeness (QED) is 0.0768. The maximum atomic E-state index is 15.0. The van der Waals surface area contributed by atoms with Gasteiger partial charge < -0.3 is 43.3 Å². The van der Waals surface area contributed by atoms with Crippen LogP contribution in [0.1, 0.15) is 209 Å². The third-order valence-electron chi connectivity index (χ3n) is 24.0. The third kappa shape index (κ3) is 10.7. The van der Waals surface area contributed by atoms with E-state index in [0.29, 0.717) is 67.8 Å². The summed E-state index contributed by atoms with van der Waals surface area (Å²) < 4.78 is 47.6. The number of aldehydes is 1. The summed E-state index contributed by atoms with van der Waals surface area (Å²) in [6.45, 7) is 42.7. The molecule has 4 saturated carbocycles. The van der Waals surface area contributed by atoms with Gasteiger partial charge in [-0.2, -0.15) is 0 Å². The fraction of sp³-hybridized carbons (Fsp3) is 0.908. The van der Waals surface area contributed by atoms with E-state index in [1.54, 1.807) is 6.92 Å². The smallest absolute Gasteiger partial charge is 0.407 e. The Morgan fingerprint density at radius 2 is 1.43 bits per heavy atom. The van der Waals surface area contributed by atoms with E-state index in [2.05, 4.69) is 108 Å². The Morgan fingerprint density at radius 3 is 2.08 bits per heavy atom. The van der Waals surface area contributed by atoms with Gasteiger partial charge in [-0.05, 0) is 167 Å². The average Bonchev–Trinajstić information content (AvgIpc) is 3.54. The van der Waals surface area contributed by atoms with Crippen molar-refractivity contribution in [3.05, 3.63) is 11.6 Å². The first-order valence-corrected chi connectivity index (χ1v) is 30.9. The standard InChI is InChI=1S/C65H107NO11/c1-20-47-40(6)39(5)42(8)56(72-47)76-54-53(75-55-41(7)38(4)36(2)34-71-55)43(9)52(44(10)68)74-57(54)73-51-26-27-61(16)48(62(51,17)35-67)25-28-63(18)49(61)24-23-45-46-33-60(14,15)29-30-65(46,37(3)32-64(45,63)19)50(69)22-21-31-66-58(70)77-59(11,12)13/h23,35-43,46-49,51-57H,20-22,24-34H2,1-19H3,(H,66,70)/t36-,37+,38+,39+,40-,41+,42+,43-,46-,47?,48-,49?,51+,52?,53+,54+,55?,56?,57?,61?,62-,63+,64-,65?/m1/s1. The molecule has 5 aliphatic carbocycles. The monoisotopic (exact) mass is 1080 g/mol. The topological polar surface area (TPSA) is 145 Å². The molecule has 8 aliphatic rings. The van der Waals surface area contributed by atoms with E-state index in [4.69, 9.17) is 33.2 Å². The van der Waals surface area contributed by atoms with Crippen LogP contribution in [0.2, 0.25) is 0 Å². The largest absolute Gasteiger partial charge is 0.444 e. The maximum absolute atomic E-state index is 15.0. The van der Waals surface area contributed by atoms with Gasteiger partial charge in [-0.1, -0.05) is 116 Å². The van der Waals surface area contributed by atoms with Crippen molar-refractivity contribution < 1.29 is 52.3 Å². The highest BCUT2D eigenvalue weighted by molar-refractivity contribution is 5.86. The van der Waals surface area contributed by atoms with Crippen molar-refractivity contribution in [2.45, 2.75) is 264 Å². The molecule has 3 saturated heterocycles. The molecule has 8 rings (SSSR count). The first-order valence-electron chi connectivity index (χ1n) is 30.9. The summed E-state index contributed by atoms with van der Waals surface area (Å²) in [6, 6.07) is 0. The van der Waals surface area contributed by atoms with Crippen LogP contribution in [0.4, 0.5) is 4.79 Å². The van der Waals surface area contributed by atoms with E-state index in [1.807, 2.05) is 27.7 Å². The molecule has 0 bridgehead atoms. The number of Topliss-reactive ketones (excluding diaryl/α,β-unsaturated/α-hetero) is 2. The molecule has 77 heavy (non-hydrogen) atoms. The minimum Gasteiger partial charge on any atom is -0.444 e. The van der Waals surface area contributed by atoms with Crippen molar-refractivity contribution in [1.29, 1.82) is 0 Å². The summed E-state index contributed by atoms with van der Waals surface area (Å²) in [5, 5.41) is 2.90. The van der Waals surface area contributed by atoms with Gasteiger partial charge >= 0.3 is 6.09 Å². The number of carbonyl (C=O) groups excluding carboxylic acids is 4. The lowest BCUT2D eigenvalue weighted by Gasteiger charge is -2.72. The zero-order chi connectivity index (χ0) is 56.7. The summed E-state index contributed by atoms with van der Waals surface area (Å²) >= 11 is 0. The lowest BCUT2D eigenvalue weighted by Crippen LogP contribution is -2.67. The summed E-state index contributed by atoms with van der Waals surface area (Å²) in [5.74, 6) is 2.13. The number of ether oxygens (including phenoxy) is 7. The van der Waals surface area contributed by atoms with Crippen LogP contribution in [0.5, 0.6) is 0 Å². The number of allylic oxidation sites excluding steroid dienone is 2. The van der Waals surface area contributed by atoms with Gasteiger partial charge in [0.15, 0.2) is 24.7 Å². The Balaban J connectivity index is 1.08.